The van der Waals surface area contributed by atoms with Gasteiger partial charge in [0.05, 0.1) is 6.21 Å². The molecule has 0 saturated heterocycles. The van der Waals surface area contributed by atoms with Crippen molar-refractivity contribution < 1.29 is 9.59 Å². The number of carbonyl (C=O) groups excluding carboxylic acids is 2. The first-order chi connectivity index (χ1) is 17.3. The van der Waals surface area contributed by atoms with Crippen molar-refractivity contribution in [3.8, 4) is 0 Å². The Kier molecular flexibility index (Phi) is 7.86. The first kappa shape index (κ1) is 25.2. The molecular formula is C29H29ClN4O2. The normalized spacial score (nSPS) is 12.2. The fraction of sp³-hybridized carbons (Fsp3) is 0.207. The molecule has 0 radical (unpaired) electrons. The van der Waals surface area contributed by atoms with E-state index in [1.807, 2.05) is 38.2 Å². The zero-order valence-corrected chi connectivity index (χ0v) is 21.3. The Morgan fingerprint density at radius 1 is 1.03 bits per heavy atom. The van der Waals surface area contributed by atoms with Gasteiger partial charge in [0.25, 0.3) is 11.8 Å². The van der Waals surface area contributed by atoms with Gasteiger partial charge in [-0.25, -0.2) is 5.43 Å². The standard InChI is InChI=1S/C29H29ClN4O2/c1-19(2)27(32-28(35)22-10-7-11-24(30)15-22)29(36)33-31-16-23-18-34(26-13-5-4-12-25(23)26)17-21-9-6-8-20(3)14-21/h4-16,18-19,27H,17H2,1-3H3,(H,32,35)(H,33,36). The summed E-state index contributed by atoms with van der Waals surface area (Å²) >= 11 is 5.99. The summed E-state index contributed by atoms with van der Waals surface area (Å²) in [5, 5.41) is 8.50. The number of rotatable bonds is 8. The molecule has 2 N–H and O–H groups in total. The molecule has 2 amide bonds. The molecule has 0 aliphatic heterocycles. The van der Waals surface area contributed by atoms with Crippen molar-refractivity contribution >= 4 is 40.5 Å². The summed E-state index contributed by atoms with van der Waals surface area (Å²) in [4.78, 5) is 25.5. The summed E-state index contributed by atoms with van der Waals surface area (Å²) < 4.78 is 2.18. The van der Waals surface area contributed by atoms with Gasteiger partial charge in [-0.15, -0.1) is 0 Å². The molecule has 0 aliphatic carbocycles. The van der Waals surface area contributed by atoms with Crippen LogP contribution in [-0.2, 0) is 11.3 Å². The first-order valence-electron chi connectivity index (χ1n) is 11.8. The number of halogens is 1. The van der Waals surface area contributed by atoms with Crippen LogP contribution in [0.3, 0.4) is 0 Å². The van der Waals surface area contributed by atoms with Crippen molar-refractivity contribution in [1.29, 1.82) is 0 Å². The van der Waals surface area contributed by atoms with Crippen molar-refractivity contribution in [3.63, 3.8) is 0 Å². The van der Waals surface area contributed by atoms with Gasteiger partial charge in [-0.1, -0.05) is 79.5 Å². The number of hydrogen-bond donors (Lipinski definition) is 2. The van der Waals surface area contributed by atoms with Gasteiger partial charge < -0.3 is 9.88 Å². The molecule has 1 unspecified atom stereocenters. The smallest absolute Gasteiger partial charge is 0.262 e. The molecule has 1 heterocycles. The van der Waals surface area contributed by atoms with Crippen LogP contribution in [0.2, 0.25) is 5.02 Å². The van der Waals surface area contributed by atoms with Gasteiger partial charge in [-0.3, -0.25) is 9.59 Å². The van der Waals surface area contributed by atoms with Crippen LogP contribution in [0, 0.1) is 12.8 Å². The lowest BCUT2D eigenvalue weighted by Gasteiger charge is -2.20. The lowest BCUT2D eigenvalue weighted by molar-refractivity contribution is -0.123. The number of hydrogen-bond acceptors (Lipinski definition) is 3. The maximum Gasteiger partial charge on any atom is 0.262 e. The summed E-state index contributed by atoms with van der Waals surface area (Å²) in [7, 11) is 0. The Morgan fingerprint density at radius 2 is 1.81 bits per heavy atom. The van der Waals surface area contributed by atoms with Crippen molar-refractivity contribution in [1.82, 2.24) is 15.3 Å². The zero-order chi connectivity index (χ0) is 25.7. The Hall–Kier alpha value is -3.90. The minimum atomic E-state index is -0.753. The predicted molar refractivity (Wildman–Crippen MR) is 145 cm³/mol. The van der Waals surface area contributed by atoms with Gasteiger partial charge in [0.2, 0.25) is 0 Å². The van der Waals surface area contributed by atoms with Crippen molar-refractivity contribution in [2.24, 2.45) is 11.0 Å². The van der Waals surface area contributed by atoms with Gasteiger partial charge in [0.1, 0.15) is 6.04 Å². The van der Waals surface area contributed by atoms with Gasteiger partial charge in [0.15, 0.2) is 0 Å². The molecule has 4 aromatic rings. The van der Waals surface area contributed by atoms with Gasteiger partial charge >= 0.3 is 0 Å². The van der Waals surface area contributed by atoms with Crippen molar-refractivity contribution in [2.45, 2.75) is 33.4 Å². The number of nitrogens with one attached hydrogen (secondary N) is 2. The molecule has 0 aliphatic rings. The molecule has 184 valence electrons. The molecule has 0 bridgehead atoms. The SMILES string of the molecule is Cc1cccc(Cn2cc(C=NNC(=O)C(NC(=O)c3cccc(Cl)c3)C(C)C)c3ccccc32)c1. The van der Waals surface area contributed by atoms with Gasteiger partial charge in [0, 0.05) is 39.8 Å². The Balaban J connectivity index is 1.49. The maximum absolute atomic E-state index is 12.9. The Labute approximate surface area is 216 Å². The van der Waals surface area contributed by atoms with Crippen LogP contribution in [0.4, 0.5) is 0 Å². The van der Waals surface area contributed by atoms with E-state index in [0.29, 0.717) is 10.6 Å². The van der Waals surface area contributed by atoms with Crippen LogP contribution in [0.5, 0.6) is 0 Å². The summed E-state index contributed by atoms with van der Waals surface area (Å²) in [5.74, 6) is -0.894. The molecule has 0 saturated carbocycles. The van der Waals surface area contributed by atoms with Crippen molar-refractivity contribution in [3.05, 3.63) is 106 Å². The first-order valence-corrected chi connectivity index (χ1v) is 12.2. The monoisotopic (exact) mass is 500 g/mol. The topological polar surface area (TPSA) is 75.5 Å². The Bertz CT molecular complexity index is 1420. The predicted octanol–water partition coefficient (Wildman–Crippen LogP) is 5.56. The number of para-hydroxylation sites is 1. The number of carbonyl (C=O) groups is 2. The molecule has 1 aromatic heterocycles. The molecular weight excluding hydrogens is 472 g/mol. The number of aromatic nitrogens is 1. The summed E-state index contributed by atoms with van der Waals surface area (Å²) in [6, 6.07) is 22.4. The molecule has 7 heteroatoms. The average molecular weight is 501 g/mol. The van der Waals surface area contributed by atoms with E-state index in [2.05, 4.69) is 57.7 Å². The highest BCUT2D eigenvalue weighted by Crippen LogP contribution is 2.21. The van der Waals surface area contributed by atoms with E-state index in [0.717, 1.165) is 23.0 Å². The summed E-state index contributed by atoms with van der Waals surface area (Å²) in [5.41, 5.74) is 7.39. The zero-order valence-electron chi connectivity index (χ0n) is 20.5. The molecule has 4 rings (SSSR count). The number of nitrogens with zero attached hydrogens (tertiary/aromatic N) is 2. The molecule has 3 aromatic carbocycles. The maximum atomic E-state index is 12.9. The average Bonchev–Trinajstić information content (AvgIpc) is 3.19. The lowest BCUT2D eigenvalue weighted by Crippen LogP contribution is -2.48. The van der Waals surface area contributed by atoms with E-state index in [1.54, 1.807) is 30.5 Å². The van der Waals surface area contributed by atoms with E-state index in [-0.39, 0.29) is 17.7 Å². The van der Waals surface area contributed by atoms with Crippen LogP contribution in [0.25, 0.3) is 10.9 Å². The van der Waals surface area contributed by atoms with Crippen LogP contribution >= 0.6 is 11.6 Å². The number of benzene rings is 3. The molecule has 36 heavy (non-hydrogen) atoms. The molecule has 6 nitrogen and oxygen atoms in total. The highest BCUT2D eigenvalue weighted by atomic mass is 35.5. The minimum Gasteiger partial charge on any atom is -0.342 e. The van der Waals surface area contributed by atoms with E-state index in [1.165, 1.54) is 11.1 Å². The second-order valence-electron chi connectivity index (χ2n) is 9.16. The highest BCUT2D eigenvalue weighted by molar-refractivity contribution is 6.31. The number of fused-ring (bicyclic) bond motifs is 1. The second kappa shape index (κ2) is 11.2. The fourth-order valence-electron chi connectivity index (χ4n) is 4.14. The number of amides is 2. The minimum absolute atomic E-state index is 0.139. The Morgan fingerprint density at radius 3 is 2.56 bits per heavy atom. The van der Waals surface area contributed by atoms with Gasteiger partial charge in [-0.05, 0) is 42.7 Å². The summed E-state index contributed by atoms with van der Waals surface area (Å²) in [6.07, 6.45) is 3.67. The van der Waals surface area contributed by atoms with Gasteiger partial charge in [-0.2, -0.15) is 5.10 Å². The van der Waals surface area contributed by atoms with Crippen LogP contribution in [0.1, 0.15) is 40.9 Å². The molecule has 0 spiro atoms. The van der Waals surface area contributed by atoms with E-state index in [4.69, 9.17) is 11.6 Å². The molecule has 0 fully saturated rings. The van der Waals surface area contributed by atoms with Crippen LogP contribution in [0.15, 0.2) is 84.1 Å². The number of aryl methyl sites for hydroxylation is 1. The highest BCUT2D eigenvalue weighted by Gasteiger charge is 2.24. The van der Waals surface area contributed by atoms with E-state index in [9.17, 15) is 9.59 Å². The van der Waals surface area contributed by atoms with Crippen LogP contribution in [-0.4, -0.2) is 28.6 Å². The van der Waals surface area contributed by atoms with E-state index >= 15 is 0 Å². The third-order valence-corrected chi connectivity index (χ3v) is 6.19. The summed E-state index contributed by atoms with van der Waals surface area (Å²) in [6.45, 7) is 6.55. The quantitative estimate of drug-likeness (QED) is 0.245. The molecule has 1 atom stereocenters. The fourth-order valence-corrected chi connectivity index (χ4v) is 4.33. The lowest BCUT2D eigenvalue weighted by atomic mass is 10.0. The number of hydrazone groups is 1. The van der Waals surface area contributed by atoms with Crippen molar-refractivity contribution in [2.75, 3.05) is 0 Å². The largest absolute Gasteiger partial charge is 0.342 e. The van der Waals surface area contributed by atoms with Crippen LogP contribution < -0.4 is 10.7 Å². The third-order valence-electron chi connectivity index (χ3n) is 5.96. The van der Waals surface area contributed by atoms with E-state index < -0.39 is 6.04 Å². The third kappa shape index (κ3) is 6.01. The second-order valence-corrected chi connectivity index (χ2v) is 9.59.